The summed E-state index contributed by atoms with van der Waals surface area (Å²) in [5, 5.41) is 0. The highest BCUT2D eigenvalue weighted by Crippen LogP contribution is 2.16. The third-order valence-electron chi connectivity index (χ3n) is 3.21. The quantitative estimate of drug-likeness (QED) is 0.691. The predicted octanol–water partition coefficient (Wildman–Crippen LogP) is 4.00. The molecule has 2 nitrogen and oxygen atoms in total. The highest BCUT2D eigenvalue weighted by Gasteiger charge is 2.06. The van der Waals surface area contributed by atoms with Gasteiger partial charge in [0.1, 0.15) is 0 Å². The Morgan fingerprint density at radius 1 is 1.24 bits per heavy atom. The molecule has 96 valence electrons. The molecule has 0 bridgehead atoms. The van der Waals surface area contributed by atoms with Crippen molar-refractivity contribution in [3.63, 3.8) is 0 Å². The molecule has 0 radical (unpaired) electrons. The second-order valence-electron chi connectivity index (χ2n) is 4.63. The highest BCUT2D eigenvalue weighted by molar-refractivity contribution is 5.45. The van der Waals surface area contributed by atoms with Gasteiger partial charge in [0.2, 0.25) is 0 Å². The molecule has 0 fully saturated rings. The van der Waals surface area contributed by atoms with Crippen LogP contribution in [0.15, 0.2) is 24.3 Å². The minimum Gasteiger partial charge on any atom is -0.398 e. The van der Waals surface area contributed by atoms with Gasteiger partial charge in [-0.1, -0.05) is 51.3 Å². The Morgan fingerprint density at radius 3 is 2.65 bits per heavy atom. The lowest BCUT2D eigenvalue weighted by Gasteiger charge is -2.15. The fraction of sp³-hybridized carbons (Fsp3) is 0.600. The van der Waals surface area contributed by atoms with Gasteiger partial charge in [-0.3, -0.25) is 0 Å². The van der Waals surface area contributed by atoms with Crippen LogP contribution < -0.4 is 5.73 Å². The molecule has 0 spiro atoms. The Labute approximate surface area is 105 Å². The number of benzene rings is 1. The van der Waals surface area contributed by atoms with E-state index >= 15 is 0 Å². The molecule has 0 amide bonds. The molecule has 0 aromatic heterocycles. The minimum absolute atomic E-state index is 0.634. The second-order valence-corrected chi connectivity index (χ2v) is 4.63. The summed E-state index contributed by atoms with van der Waals surface area (Å²) in [6.45, 7) is 5.96. The van der Waals surface area contributed by atoms with E-state index < -0.39 is 0 Å². The fourth-order valence-corrected chi connectivity index (χ4v) is 1.90. The largest absolute Gasteiger partial charge is 0.398 e. The number of ether oxygens (including phenoxy) is 1. The summed E-state index contributed by atoms with van der Waals surface area (Å²) >= 11 is 0. The van der Waals surface area contributed by atoms with Gasteiger partial charge in [-0.2, -0.15) is 0 Å². The van der Waals surface area contributed by atoms with E-state index in [1.165, 1.54) is 25.7 Å². The zero-order valence-electron chi connectivity index (χ0n) is 11.1. The third kappa shape index (κ3) is 5.22. The van der Waals surface area contributed by atoms with Crippen LogP contribution in [-0.2, 0) is 11.3 Å². The van der Waals surface area contributed by atoms with E-state index in [9.17, 15) is 0 Å². The van der Waals surface area contributed by atoms with E-state index in [0.29, 0.717) is 12.5 Å². The van der Waals surface area contributed by atoms with Gasteiger partial charge in [0.05, 0.1) is 6.61 Å². The van der Waals surface area contributed by atoms with Crippen molar-refractivity contribution >= 4 is 5.69 Å². The van der Waals surface area contributed by atoms with Crippen LogP contribution in [0.25, 0.3) is 0 Å². The molecule has 1 atom stereocenters. The monoisotopic (exact) mass is 235 g/mol. The molecule has 1 aromatic rings. The van der Waals surface area contributed by atoms with Gasteiger partial charge in [-0.05, 0) is 18.4 Å². The van der Waals surface area contributed by atoms with Crippen molar-refractivity contribution in [2.45, 2.75) is 46.1 Å². The van der Waals surface area contributed by atoms with Crippen molar-refractivity contribution in [3.05, 3.63) is 29.8 Å². The Morgan fingerprint density at radius 2 is 2.00 bits per heavy atom. The molecule has 1 aromatic carbocycles. The molecule has 1 rings (SSSR count). The summed E-state index contributed by atoms with van der Waals surface area (Å²) in [6.07, 6.45) is 5.04. The van der Waals surface area contributed by atoms with Crippen molar-refractivity contribution in [1.82, 2.24) is 0 Å². The van der Waals surface area contributed by atoms with Gasteiger partial charge >= 0.3 is 0 Å². The van der Waals surface area contributed by atoms with E-state index in [4.69, 9.17) is 10.5 Å². The van der Waals surface area contributed by atoms with E-state index in [2.05, 4.69) is 13.8 Å². The molecular weight excluding hydrogens is 210 g/mol. The summed E-state index contributed by atoms with van der Waals surface area (Å²) in [7, 11) is 0. The lowest BCUT2D eigenvalue weighted by Crippen LogP contribution is -2.09. The van der Waals surface area contributed by atoms with Gasteiger partial charge < -0.3 is 10.5 Å². The number of hydrogen-bond acceptors (Lipinski definition) is 2. The maximum atomic E-state index is 5.87. The van der Waals surface area contributed by atoms with Crippen LogP contribution in [0.5, 0.6) is 0 Å². The molecule has 0 aliphatic heterocycles. The van der Waals surface area contributed by atoms with E-state index in [-0.39, 0.29) is 0 Å². The zero-order chi connectivity index (χ0) is 12.5. The minimum atomic E-state index is 0.634. The topological polar surface area (TPSA) is 35.2 Å². The Bertz CT molecular complexity index is 312. The maximum absolute atomic E-state index is 5.87. The smallest absolute Gasteiger partial charge is 0.0736 e. The van der Waals surface area contributed by atoms with Gasteiger partial charge in [-0.15, -0.1) is 0 Å². The first-order valence-electron chi connectivity index (χ1n) is 6.69. The Balaban J connectivity index is 2.28. The molecular formula is C15H25NO. The number of rotatable bonds is 8. The number of nitrogen functional groups attached to an aromatic ring is 1. The SMILES string of the molecule is CCCCC(CC)COCc1ccccc1N. The predicted molar refractivity (Wildman–Crippen MR) is 73.8 cm³/mol. The third-order valence-corrected chi connectivity index (χ3v) is 3.21. The first kappa shape index (κ1) is 14.0. The van der Waals surface area contributed by atoms with Crippen LogP contribution in [0.1, 0.15) is 45.1 Å². The first-order chi connectivity index (χ1) is 8.27. The number of para-hydroxylation sites is 1. The van der Waals surface area contributed by atoms with Gasteiger partial charge in [0, 0.05) is 17.9 Å². The highest BCUT2D eigenvalue weighted by atomic mass is 16.5. The van der Waals surface area contributed by atoms with Gasteiger partial charge in [0.15, 0.2) is 0 Å². The van der Waals surface area contributed by atoms with Gasteiger partial charge in [-0.25, -0.2) is 0 Å². The molecule has 0 aliphatic carbocycles. The second kappa shape index (κ2) is 8.13. The molecule has 2 N–H and O–H groups in total. The Kier molecular flexibility index (Phi) is 6.71. The lowest BCUT2D eigenvalue weighted by molar-refractivity contribution is 0.0823. The molecule has 0 aliphatic rings. The van der Waals surface area contributed by atoms with Crippen molar-refractivity contribution in [1.29, 1.82) is 0 Å². The lowest BCUT2D eigenvalue weighted by atomic mass is 10.0. The van der Waals surface area contributed by atoms with E-state index in [0.717, 1.165) is 17.9 Å². The molecule has 0 saturated carbocycles. The van der Waals surface area contributed by atoms with Crippen LogP contribution in [-0.4, -0.2) is 6.61 Å². The van der Waals surface area contributed by atoms with Crippen LogP contribution in [0.4, 0.5) is 5.69 Å². The first-order valence-corrected chi connectivity index (χ1v) is 6.69. The molecule has 0 saturated heterocycles. The Hall–Kier alpha value is -1.02. The summed E-state index contributed by atoms with van der Waals surface area (Å²) in [6, 6.07) is 7.91. The summed E-state index contributed by atoms with van der Waals surface area (Å²) in [5.74, 6) is 0.694. The van der Waals surface area contributed by atoms with Crippen molar-refractivity contribution < 1.29 is 4.74 Å². The fourth-order valence-electron chi connectivity index (χ4n) is 1.90. The number of hydrogen-bond donors (Lipinski definition) is 1. The molecule has 1 unspecified atom stereocenters. The van der Waals surface area contributed by atoms with Crippen LogP contribution in [0, 0.1) is 5.92 Å². The summed E-state index contributed by atoms with van der Waals surface area (Å²) < 4.78 is 5.77. The molecule has 2 heteroatoms. The van der Waals surface area contributed by atoms with Crippen molar-refractivity contribution in [2.75, 3.05) is 12.3 Å². The number of unbranched alkanes of at least 4 members (excludes halogenated alkanes) is 1. The summed E-state index contributed by atoms with van der Waals surface area (Å²) in [5.41, 5.74) is 7.79. The van der Waals surface area contributed by atoms with E-state index in [1.807, 2.05) is 24.3 Å². The van der Waals surface area contributed by atoms with E-state index in [1.54, 1.807) is 0 Å². The van der Waals surface area contributed by atoms with Gasteiger partial charge in [0.25, 0.3) is 0 Å². The van der Waals surface area contributed by atoms with Crippen LogP contribution >= 0.6 is 0 Å². The van der Waals surface area contributed by atoms with Crippen LogP contribution in [0.3, 0.4) is 0 Å². The zero-order valence-corrected chi connectivity index (χ0v) is 11.1. The average molecular weight is 235 g/mol. The number of anilines is 1. The number of nitrogens with two attached hydrogens (primary N) is 1. The van der Waals surface area contributed by atoms with Crippen LogP contribution in [0.2, 0.25) is 0 Å². The van der Waals surface area contributed by atoms with Crippen molar-refractivity contribution in [3.8, 4) is 0 Å². The maximum Gasteiger partial charge on any atom is 0.0736 e. The standard InChI is InChI=1S/C15H25NO/c1-3-5-8-13(4-2)11-17-12-14-9-6-7-10-15(14)16/h6-7,9-10,13H,3-5,8,11-12,16H2,1-2H3. The average Bonchev–Trinajstić information content (AvgIpc) is 2.35. The molecule has 0 heterocycles. The van der Waals surface area contributed by atoms with Crippen molar-refractivity contribution in [2.24, 2.45) is 5.92 Å². The molecule has 17 heavy (non-hydrogen) atoms. The normalized spacial score (nSPS) is 12.6. The summed E-state index contributed by atoms with van der Waals surface area (Å²) in [4.78, 5) is 0.